The normalized spacial score (nSPS) is 18.5. The summed E-state index contributed by atoms with van der Waals surface area (Å²) in [7, 11) is 0. The third-order valence-corrected chi connectivity index (χ3v) is 5.07. The van der Waals surface area contributed by atoms with Crippen molar-refractivity contribution in [2.24, 2.45) is 0 Å². The molecule has 5 heteroatoms. The SMILES string of the molecule is CC1CC(Nc2ccc(F)cc2)c2cc(F)ccc2N1C(=O)c1ccccc1. The number of hydrogen-bond donors (Lipinski definition) is 1. The lowest BCUT2D eigenvalue weighted by atomic mass is 9.90. The first kappa shape index (κ1) is 18.2. The molecule has 2 atom stereocenters. The number of nitrogens with zero attached hydrogens (tertiary/aromatic N) is 1. The van der Waals surface area contributed by atoms with Crippen molar-refractivity contribution in [3.05, 3.63) is 95.6 Å². The fourth-order valence-corrected chi connectivity index (χ4v) is 3.75. The van der Waals surface area contributed by atoms with E-state index < -0.39 is 0 Å². The zero-order valence-electron chi connectivity index (χ0n) is 15.4. The molecule has 0 radical (unpaired) electrons. The fourth-order valence-electron chi connectivity index (χ4n) is 3.75. The smallest absolute Gasteiger partial charge is 0.258 e. The Labute approximate surface area is 162 Å². The number of fused-ring (bicyclic) bond motifs is 1. The Morgan fingerprint density at radius 1 is 0.964 bits per heavy atom. The minimum absolute atomic E-state index is 0.0939. The highest BCUT2D eigenvalue weighted by Crippen LogP contribution is 2.40. The van der Waals surface area contributed by atoms with Crippen LogP contribution in [0.25, 0.3) is 0 Å². The lowest BCUT2D eigenvalue weighted by Gasteiger charge is -2.40. The van der Waals surface area contributed by atoms with Crippen LogP contribution in [0.2, 0.25) is 0 Å². The zero-order chi connectivity index (χ0) is 19.7. The molecule has 0 spiro atoms. The quantitative estimate of drug-likeness (QED) is 0.647. The number of carbonyl (C=O) groups is 1. The summed E-state index contributed by atoms with van der Waals surface area (Å²) in [5.74, 6) is -0.777. The molecule has 1 aliphatic heterocycles. The van der Waals surface area contributed by atoms with Crippen molar-refractivity contribution in [1.29, 1.82) is 0 Å². The van der Waals surface area contributed by atoms with E-state index in [1.807, 2.05) is 25.1 Å². The van der Waals surface area contributed by atoms with Gasteiger partial charge in [0.05, 0.1) is 6.04 Å². The predicted molar refractivity (Wildman–Crippen MR) is 106 cm³/mol. The number of rotatable bonds is 3. The minimum Gasteiger partial charge on any atom is -0.378 e. The van der Waals surface area contributed by atoms with Crippen molar-refractivity contribution in [2.45, 2.75) is 25.4 Å². The van der Waals surface area contributed by atoms with Crippen LogP contribution in [-0.4, -0.2) is 11.9 Å². The molecule has 1 amide bonds. The van der Waals surface area contributed by atoms with E-state index in [1.54, 1.807) is 35.2 Å². The molecule has 0 saturated carbocycles. The van der Waals surface area contributed by atoms with Crippen LogP contribution in [-0.2, 0) is 0 Å². The minimum atomic E-state index is -0.355. The maximum Gasteiger partial charge on any atom is 0.258 e. The number of anilines is 2. The number of amides is 1. The fraction of sp³-hybridized carbons (Fsp3) is 0.174. The number of halogens is 2. The van der Waals surface area contributed by atoms with Gasteiger partial charge in [-0.3, -0.25) is 4.79 Å². The number of nitrogens with one attached hydrogen (secondary N) is 1. The Hall–Kier alpha value is -3.21. The molecule has 0 fully saturated rings. The van der Waals surface area contributed by atoms with E-state index in [0.29, 0.717) is 23.2 Å². The Balaban J connectivity index is 1.71. The zero-order valence-corrected chi connectivity index (χ0v) is 15.4. The van der Waals surface area contributed by atoms with E-state index in [-0.39, 0.29) is 29.6 Å². The highest BCUT2D eigenvalue weighted by atomic mass is 19.1. The summed E-state index contributed by atoms with van der Waals surface area (Å²) in [6.45, 7) is 1.98. The summed E-state index contributed by atoms with van der Waals surface area (Å²) in [6.07, 6.45) is 0.604. The van der Waals surface area contributed by atoms with Crippen molar-refractivity contribution < 1.29 is 13.6 Å². The van der Waals surface area contributed by atoms with E-state index >= 15 is 0 Å². The maximum atomic E-state index is 14.0. The summed E-state index contributed by atoms with van der Waals surface area (Å²) < 4.78 is 27.2. The average molecular weight is 378 g/mol. The molecule has 3 aromatic carbocycles. The molecule has 3 aromatic rings. The summed E-state index contributed by atoms with van der Waals surface area (Å²) in [6, 6.07) is 19.4. The molecule has 0 aliphatic carbocycles. The van der Waals surface area contributed by atoms with Gasteiger partial charge < -0.3 is 10.2 Å². The first-order valence-corrected chi connectivity index (χ1v) is 9.23. The van der Waals surface area contributed by atoms with Gasteiger partial charge in [0.1, 0.15) is 11.6 Å². The summed E-state index contributed by atoms with van der Waals surface area (Å²) in [5.41, 5.74) is 2.74. The molecule has 0 aromatic heterocycles. The Morgan fingerprint density at radius 2 is 1.64 bits per heavy atom. The Bertz CT molecular complexity index is 989. The molecule has 28 heavy (non-hydrogen) atoms. The van der Waals surface area contributed by atoms with Gasteiger partial charge in [-0.2, -0.15) is 0 Å². The maximum absolute atomic E-state index is 14.0. The van der Waals surface area contributed by atoms with Crippen LogP contribution < -0.4 is 10.2 Å². The molecule has 2 unspecified atom stereocenters. The highest BCUT2D eigenvalue weighted by Gasteiger charge is 2.34. The van der Waals surface area contributed by atoms with Gasteiger partial charge in [0.15, 0.2) is 0 Å². The van der Waals surface area contributed by atoms with Crippen molar-refractivity contribution in [3.63, 3.8) is 0 Å². The first-order chi connectivity index (χ1) is 13.5. The van der Waals surface area contributed by atoms with E-state index in [1.165, 1.54) is 24.3 Å². The van der Waals surface area contributed by atoms with Crippen molar-refractivity contribution in [3.8, 4) is 0 Å². The number of carbonyl (C=O) groups excluding carboxylic acids is 1. The molecule has 142 valence electrons. The summed E-state index contributed by atoms with van der Waals surface area (Å²) >= 11 is 0. The highest BCUT2D eigenvalue weighted by molar-refractivity contribution is 6.07. The van der Waals surface area contributed by atoms with Gasteiger partial charge in [-0.25, -0.2) is 8.78 Å². The van der Waals surface area contributed by atoms with Crippen molar-refractivity contribution in [2.75, 3.05) is 10.2 Å². The standard InChI is InChI=1S/C23H20F2N2O/c1-15-13-21(26-19-10-7-17(24)8-11-19)20-14-18(25)9-12-22(20)27(15)23(28)16-5-3-2-4-6-16/h2-12,14-15,21,26H,13H2,1H3. The predicted octanol–water partition coefficient (Wildman–Crippen LogP) is 5.56. The number of hydrogen-bond acceptors (Lipinski definition) is 2. The van der Waals surface area contributed by atoms with Gasteiger partial charge in [0, 0.05) is 28.5 Å². The third-order valence-electron chi connectivity index (χ3n) is 5.07. The van der Waals surface area contributed by atoms with Crippen LogP contribution in [0.3, 0.4) is 0 Å². The molecule has 1 heterocycles. The van der Waals surface area contributed by atoms with Gasteiger partial charge >= 0.3 is 0 Å². The van der Waals surface area contributed by atoms with Gasteiger partial charge in [-0.1, -0.05) is 18.2 Å². The second-order valence-corrected chi connectivity index (χ2v) is 7.03. The molecule has 0 bridgehead atoms. The lowest BCUT2D eigenvalue weighted by Crippen LogP contribution is -2.44. The van der Waals surface area contributed by atoms with Crippen LogP contribution in [0.5, 0.6) is 0 Å². The van der Waals surface area contributed by atoms with E-state index in [0.717, 1.165) is 5.69 Å². The molecular weight excluding hydrogens is 358 g/mol. The van der Waals surface area contributed by atoms with Gasteiger partial charge in [-0.15, -0.1) is 0 Å². The van der Waals surface area contributed by atoms with Crippen molar-refractivity contribution in [1.82, 2.24) is 0 Å². The molecule has 3 nitrogen and oxygen atoms in total. The second-order valence-electron chi connectivity index (χ2n) is 7.03. The van der Waals surface area contributed by atoms with Gasteiger partial charge in [0.25, 0.3) is 5.91 Å². The largest absolute Gasteiger partial charge is 0.378 e. The Kier molecular flexibility index (Phi) is 4.82. The molecule has 4 rings (SSSR count). The summed E-state index contributed by atoms with van der Waals surface area (Å²) in [5, 5.41) is 3.35. The van der Waals surface area contributed by atoms with E-state index in [4.69, 9.17) is 0 Å². The molecular formula is C23H20F2N2O. The van der Waals surface area contributed by atoms with Gasteiger partial charge in [0.2, 0.25) is 0 Å². The molecule has 0 saturated heterocycles. The lowest BCUT2D eigenvalue weighted by molar-refractivity contribution is 0.0974. The van der Waals surface area contributed by atoms with E-state index in [2.05, 4.69) is 5.32 Å². The van der Waals surface area contributed by atoms with Gasteiger partial charge in [-0.05, 0) is 67.9 Å². The molecule has 1 aliphatic rings. The monoisotopic (exact) mass is 378 g/mol. The summed E-state index contributed by atoms with van der Waals surface area (Å²) in [4.78, 5) is 14.9. The number of benzene rings is 3. The van der Waals surface area contributed by atoms with E-state index in [9.17, 15) is 13.6 Å². The van der Waals surface area contributed by atoms with Crippen LogP contribution in [0.1, 0.15) is 35.3 Å². The Morgan fingerprint density at radius 3 is 2.36 bits per heavy atom. The van der Waals surface area contributed by atoms with Crippen LogP contribution in [0.15, 0.2) is 72.8 Å². The van der Waals surface area contributed by atoms with Crippen molar-refractivity contribution >= 4 is 17.3 Å². The average Bonchev–Trinajstić information content (AvgIpc) is 2.70. The van der Waals surface area contributed by atoms with Crippen LogP contribution in [0.4, 0.5) is 20.2 Å². The topological polar surface area (TPSA) is 32.3 Å². The third kappa shape index (κ3) is 3.48. The first-order valence-electron chi connectivity index (χ1n) is 9.23. The molecule has 1 N–H and O–H groups in total. The van der Waals surface area contributed by atoms with Crippen LogP contribution >= 0.6 is 0 Å². The second kappa shape index (κ2) is 7.43. The van der Waals surface area contributed by atoms with Crippen LogP contribution in [0, 0.1) is 11.6 Å².